The molecule has 0 bridgehead atoms. The van der Waals surface area contributed by atoms with Gasteiger partial charge in [-0.1, -0.05) is 12.2 Å². The third-order valence-corrected chi connectivity index (χ3v) is 3.19. The molecule has 1 unspecified atom stereocenters. The third-order valence-electron chi connectivity index (χ3n) is 1.93. The molecule has 1 aromatic heterocycles. The topological polar surface area (TPSA) is 68.0 Å². The number of rotatable bonds is 4. The molecule has 4 nitrogen and oxygen atoms in total. The first-order chi connectivity index (χ1) is 7.00. The number of nitrogens with two attached hydrogens (primary N) is 1. The maximum atomic E-state index is 11.5. The van der Waals surface area contributed by atoms with Gasteiger partial charge in [-0.05, 0) is 13.8 Å². The van der Waals surface area contributed by atoms with Crippen molar-refractivity contribution < 1.29 is 4.79 Å². The smallest absolute Gasteiger partial charge is 0.229 e. The Morgan fingerprint density at radius 3 is 2.93 bits per heavy atom. The summed E-state index contributed by atoms with van der Waals surface area (Å²) in [6.07, 6.45) is 1.76. The van der Waals surface area contributed by atoms with Crippen LogP contribution in [0.25, 0.3) is 0 Å². The number of carbonyl (C=O) groups excluding carboxylic acids is 1. The number of nitrogens with one attached hydrogen (secondary N) is 1. The lowest BCUT2D eigenvalue weighted by Crippen LogP contribution is -2.35. The molecule has 0 aliphatic carbocycles. The van der Waals surface area contributed by atoms with Crippen LogP contribution < -0.4 is 11.1 Å². The standard InChI is InChI=1S/C9H13N3OS2/c1-5(8(10)14)9(13)12-4-7-3-11-6(2)15-7/h3,5H,4H2,1-2H3,(H2,10,14)(H,12,13). The fourth-order valence-corrected chi connectivity index (χ4v) is 1.79. The van der Waals surface area contributed by atoms with Crippen LogP contribution in [0, 0.1) is 12.8 Å². The van der Waals surface area contributed by atoms with E-state index in [9.17, 15) is 4.79 Å². The van der Waals surface area contributed by atoms with Crippen molar-refractivity contribution in [1.29, 1.82) is 0 Å². The van der Waals surface area contributed by atoms with Gasteiger partial charge < -0.3 is 11.1 Å². The van der Waals surface area contributed by atoms with Crippen molar-refractivity contribution in [3.05, 3.63) is 16.1 Å². The monoisotopic (exact) mass is 243 g/mol. The summed E-state index contributed by atoms with van der Waals surface area (Å²) in [4.78, 5) is 16.8. The molecule has 82 valence electrons. The van der Waals surface area contributed by atoms with Crippen LogP contribution in [0.2, 0.25) is 0 Å². The van der Waals surface area contributed by atoms with Gasteiger partial charge in [0.1, 0.15) is 0 Å². The Morgan fingerprint density at radius 1 is 1.80 bits per heavy atom. The van der Waals surface area contributed by atoms with Crippen molar-refractivity contribution in [2.75, 3.05) is 0 Å². The summed E-state index contributed by atoms with van der Waals surface area (Å²) in [6.45, 7) is 4.10. The number of carbonyl (C=O) groups is 1. The zero-order valence-corrected chi connectivity index (χ0v) is 10.2. The second-order valence-corrected chi connectivity index (χ2v) is 4.98. The number of amides is 1. The van der Waals surface area contributed by atoms with Crippen molar-refractivity contribution in [1.82, 2.24) is 10.3 Å². The average molecular weight is 243 g/mol. The zero-order chi connectivity index (χ0) is 11.4. The fourth-order valence-electron chi connectivity index (χ4n) is 0.944. The molecule has 1 atom stereocenters. The highest BCUT2D eigenvalue weighted by Crippen LogP contribution is 2.10. The Kier molecular flexibility index (Phi) is 4.16. The van der Waals surface area contributed by atoms with Crippen molar-refractivity contribution in [3.8, 4) is 0 Å². The molecule has 1 heterocycles. The summed E-state index contributed by atoms with van der Waals surface area (Å²) in [7, 11) is 0. The summed E-state index contributed by atoms with van der Waals surface area (Å²) >= 11 is 6.30. The molecule has 15 heavy (non-hydrogen) atoms. The van der Waals surface area contributed by atoms with Crippen LogP contribution in [0.1, 0.15) is 16.8 Å². The van der Waals surface area contributed by atoms with E-state index < -0.39 is 5.92 Å². The van der Waals surface area contributed by atoms with Gasteiger partial charge >= 0.3 is 0 Å². The number of aromatic nitrogens is 1. The fraction of sp³-hybridized carbons (Fsp3) is 0.444. The SMILES string of the molecule is Cc1ncc(CNC(=O)C(C)C(N)=S)s1. The summed E-state index contributed by atoms with van der Waals surface area (Å²) < 4.78 is 0. The van der Waals surface area contributed by atoms with Gasteiger partial charge in [0, 0.05) is 11.1 Å². The minimum Gasteiger partial charge on any atom is -0.393 e. The normalized spacial score (nSPS) is 12.1. The van der Waals surface area contributed by atoms with Gasteiger partial charge in [0.25, 0.3) is 0 Å². The number of nitrogens with zero attached hydrogens (tertiary/aromatic N) is 1. The second kappa shape index (κ2) is 5.18. The van der Waals surface area contributed by atoms with Gasteiger partial charge in [-0.25, -0.2) is 4.98 Å². The molecule has 1 amide bonds. The van der Waals surface area contributed by atoms with E-state index in [1.807, 2.05) is 6.92 Å². The first-order valence-corrected chi connectivity index (χ1v) is 5.71. The third kappa shape index (κ3) is 3.56. The van der Waals surface area contributed by atoms with E-state index in [-0.39, 0.29) is 10.9 Å². The maximum absolute atomic E-state index is 11.5. The number of thiazole rings is 1. The predicted molar refractivity (Wildman–Crippen MR) is 64.6 cm³/mol. The predicted octanol–water partition coefficient (Wildman–Crippen LogP) is 0.990. The van der Waals surface area contributed by atoms with Gasteiger partial charge in [-0.15, -0.1) is 11.3 Å². The average Bonchev–Trinajstić information content (AvgIpc) is 2.59. The Morgan fingerprint density at radius 2 is 2.47 bits per heavy atom. The van der Waals surface area contributed by atoms with Gasteiger partial charge in [-0.2, -0.15) is 0 Å². The van der Waals surface area contributed by atoms with Crippen molar-refractivity contribution in [2.24, 2.45) is 11.7 Å². The van der Waals surface area contributed by atoms with Crippen molar-refractivity contribution >= 4 is 34.5 Å². The molecule has 0 radical (unpaired) electrons. The molecule has 0 spiro atoms. The molecule has 0 aliphatic heterocycles. The van der Waals surface area contributed by atoms with Gasteiger partial charge in [-0.3, -0.25) is 4.79 Å². The Labute approximate surface area is 97.9 Å². The zero-order valence-electron chi connectivity index (χ0n) is 8.61. The first kappa shape index (κ1) is 12.1. The summed E-state index contributed by atoms with van der Waals surface area (Å²) in [5.74, 6) is -0.567. The lowest BCUT2D eigenvalue weighted by molar-refractivity contribution is -0.122. The minimum absolute atomic E-state index is 0.145. The lowest BCUT2D eigenvalue weighted by atomic mass is 10.1. The van der Waals surface area contributed by atoms with Crippen LogP contribution in [0.4, 0.5) is 0 Å². The van der Waals surface area contributed by atoms with E-state index in [0.717, 1.165) is 9.88 Å². The molecule has 3 N–H and O–H groups in total. The summed E-state index contributed by atoms with van der Waals surface area (Å²) in [6, 6.07) is 0. The minimum atomic E-state index is -0.422. The van der Waals surface area contributed by atoms with Crippen LogP contribution in [-0.4, -0.2) is 15.9 Å². The number of hydrogen-bond donors (Lipinski definition) is 2. The highest BCUT2D eigenvalue weighted by atomic mass is 32.1. The van der Waals surface area contributed by atoms with E-state index in [1.54, 1.807) is 24.5 Å². The molecule has 0 fully saturated rings. The number of aryl methyl sites for hydroxylation is 1. The van der Waals surface area contributed by atoms with E-state index in [1.165, 1.54) is 0 Å². The van der Waals surface area contributed by atoms with E-state index in [2.05, 4.69) is 10.3 Å². The highest BCUT2D eigenvalue weighted by Gasteiger charge is 2.14. The molecule has 0 aliphatic rings. The molecular weight excluding hydrogens is 230 g/mol. The van der Waals surface area contributed by atoms with Crippen LogP contribution in [-0.2, 0) is 11.3 Å². The Bertz CT molecular complexity index is 375. The Balaban J connectivity index is 2.44. The van der Waals surface area contributed by atoms with Crippen LogP contribution in [0.3, 0.4) is 0 Å². The van der Waals surface area contributed by atoms with E-state index >= 15 is 0 Å². The largest absolute Gasteiger partial charge is 0.393 e. The number of thiocarbonyl (C=S) groups is 1. The first-order valence-electron chi connectivity index (χ1n) is 4.49. The molecule has 0 saturated carbocycles. The second-order valence-electron chi connectivity index (χ2n) is 3.19. The molecule has 6 heteroatoms. The van der Waals surface area contributed by atoms with Crippen LogP contribution in [0.15, 0.2) is 6.20 Å². The van der Waals surface area contributed by atoms with Crippen LogP contribution in [0.5, 0.6) is 0 Å². The maximum Gasteiger partial charge on any atom is 0.229 e. The molecular formula is C9H13N3OS2. The van der Waals surface area contributed by atoms with Gasteiger partial charge in [0.05, 0.1) is 22.5 Å². The van der Waals surface area contributed by atoms with Gasteiger partial charge in [0.2, 0.25) is 5.91 Å². The van der Waals surface area contributed by atoms with Crippen molar-refractivity contribution in [2.45, 2.75) is 20.4 Å². The van der Waals surface area contributed by atoms with Crippen LogP contribution >= 0.6 is 23.6 Å². The molecule has 1 rings (SSSR count). The van der Waals surface area contributed by atoms with E-state index in [4.69, 9.17) is 18.0 Å². The van der Waals surface area contributed by atoms with Crippen molar-refractivity contribution in [3.63, 3.8) is 0 Å². The number of hydrogen-bond acceptors (Lipinski definition) is 4. The molecule has 0 aromatic carbocycles. The highest BCUT2D eigenvalue weighted by molar-refractivity contribution is 7.80. The van der Waals surface area contributed by atoms with E-state index in [0.29, 0.717) is 6.54 Å². The molecule has 0 saturated heterocycles. The van der Waals surface area contributed by atoms with Gasteiger partial charge in [0.15, 0.2) is 0 Å². The lowest BCUT2D eigenvalue weighted by Gasteiger charge is -2.09. The summed E-state index contributed by atoms with van der Waals surface area (Å²) in [5, 5.41) is 3.74. The molecule has 1 aromatic rings. The quantitative estimate of drug-likeness (QED) is 0.774. The Hall–Kier alpha value is -1.01. The summed E-state index contributed by atoms with van der Waals surface area (Å²) in [5.41, 5.74) is 5.37.